The fourth-order valence-corrected chi connectivity index (χ4v) is 1.89. The van der Waals surface area contributed by atoms with Crippen LogP contribution in [0.2, 0.25) is 0 Å². The Kier molecular flexibility index (Phi) is 4.39. The number of piperidine rings is 1. The summed E-state index contributed by atoms with van der Waals surface area (Å²) >= 11 is 0. The molecule has 1 saturated heterocycles. The first-order chi connectivity index (χ1) is 6.65. The minimum absolute atomic E-state index is 0.329. The van der Waals surface area contributed by atoms with Gasteiger partial charge in [-0.2, -0.15) is 0 Å². The van der Waals surface area contributed by atoms with E-state index in [-0.39, 0.29) is 0 Å². The molecule has 0 aliphatic carbocycles. The predicted octanol–water partition coefficient (Wildman–Crippen LogP) is 2.12. The SMILES string of the molecule is CCOC1CCCN(C(=N)C(C)C)C1. The lowest BCUT2D eigenvalue weighted by Gasteiger charge is -2.35. The highest BCUT2D eigenvalue weighted by Gasteiger charge is 2.22. The monoisotopic (exact) mass is 198 g/mol. The van der Waals surface area contributed by atoms with Gasteiger partial charge in [-0.1, -0.05) is 13.8 Å². The number of amidine groups is 1. The first kappa shape index (κ1) is 11.5. The maximum Gasteiger partial charge on any atom is 0.0984 e. The molecule has 1 aliphatic heterocycles. The number of hydrogen-bond donors (Lipinski definition) is 1. The Hall–Kier alpha value is -0.570. The summed E-state index contributed by atoms with van der Waals surface area (Å²) in [5.74, 6) is 1.09. The maximum absolute atomic E-state index is 7.93. The third kappa shape index (κ3) is 2.98. The van der Waals surface area contributed by atoms with Crippen LogP contribution in [-0.4, -0.2) is 36.5 Å². The molecule has 0 bridgehead atoms. The number of ether oxygens (including phenoxy) is 1. The minimum Gasteiger partial charge on any atom is -0.377 e. The summed E-state index contributed by atoms with van der Waals surface area (Å²) in [6.45, 7) is 8.91. The molecule has 14 heavy (non-hydrogen) atoms. The van der Waals surface area contributed by atoms with Gasteiger partial charge < -0.3 is 9.64 Å². The summed E-state index contributed by atoms with van der Waals surface area (Å²) in [4.78, 5) is 2.16. The van der Waals surface area contributed by atoms with Crippen LogP contribution in [0.15, 0.2) is 0 Å². The molecule has 3 heteroatoms. The van der Waals surface area contributed by atoms with E-state index in [2.05, 4.69) is 18.7 Å². The van der Waals surface area contributed by atoms with E-state index in [1.54, 1.807) is 0 Å². The maximum atomic E-state index is 7.93. The zero-order valence-electron chi connectivity index (χ0n) is 9.55. The number of nitrogens with zero attached hydrogens (tertiary/aromatic N) is 1. The van der Waals surface area contributed by atoms with Crippen molar-refractivity contribution in [2.75, 3.05) is 19.7 Å². The molecule has 1 unspecified atom stereocenters. The van der Waals surface area contributed by atoms with Gasteiger partial charge in [0.25, 0.3) is 0 Å². The van der Waals surface area contributed by atoms with E-state index < -0.39 is 0 Å². The second-order valence-corrected chi connectivity index (χ2v) is 4.21. The molecule has 0 amide bonds. The molecule has 0 spiro atoms. The highest BCUT2D eigenvalue weighted by molar-refractivity contribution is 5.81. The molecule has 1 aliphatic rings. The Balaban J connectivity index is 2.43. The Morgan fingerprint density at radius 1 is 1.57 bits per heavy atom. The topological polar surface area (TPSA) is 36.3 Å². The second kappa shape index (κ2) is 5.35. The van der Waals surface area contributed by atoms with Crippen LogP contribution in [0.4, 0.5) is 0 Å². The summed E-state index contributed by atoms with van der Waals surface area (Å²) < 4.78 is 5.60. The summed E-state index contributed by atoms with van der Waals surface area (Å²) in [6.07, 6.45) is 2.64. The summed E-state index contributed by atoms with van der Waals surface area (Å²) in [7, 11) is 0. The van der Waals surface area contributed by atoms with E-state index >= 15 is 0 Å². The van der Waals surface area contributed by atoms with Crippen molar-refractivity contribution < 1.29 is 4.74 Å². The lowest BCUT2D eigenvalue weighted by Crippen LogP contribution is -2.44. The number of likely N-dealkylation sites (tertiary alicyclic amines) is 1. The average molecular weight is 198 g/mol. The Bertz CT molecular complexity index is 190. The van der Waals surface area contributed by atoms with Gasteiger partial charge in [-0.05, 0) is 19.8 Å². The van der Waals surface area contributed by atoms with Crippen LogP contribution >= 0.6 is 0 Å². The van der Waals surface area contributed by atoms with Gasteiger partial charge in [0.1, 0.15) is 0 Å². The van der Waals surface area contributed by atoms with Crippen LogP contribution in [0.5, 0.6) is 0 Å². The fraction of sp³-hybridized carbons (Fsp3) is 0.909. The van der Waals surface area contributed by atoms with Crippen molar-refractivity contribution >= 4 is 5.84 Å². The van der Waals surface area contributed by atoms with Gasteiger partial charge in [-0.3, -0.25) is 5.41 Å². The third-order valence-electron chi connectivity index (χ3n) is 2.67. The van der Waals surface area contributed by atoms with Gasteiger partial charge >= 0.3 is 0 Å². The largest absolute Gasteiger partial charge is 0.377 e. The Labute approximate surface area is 86.9 Å². The van der Waals surface area contributed by atoms with E-state index in [9.17, 15) is 0 Å². The Morgan fingerprint density at radius 3 is 2.86 bits per heavy atom. The van der Waals surface area contributed by atoms with Crippen LogP contribution < -0.4 is 0 Å². The van der Waals surface area contributed by atoms with Crippen LogP contribution in [0, 0.1) is 11.3 Å². The van der Waals surface area contributed by atoms with E-state index in [1.165, 1.54) is 0 Å². The van der Waals surface area contributed by atoms with Crippen molar-refractivity contribution in [3.8, 4) is 0 Å². The lowest BCUT2D eigenvalue weighted by atomic mass is 10.1. The smallest absolute Gasteiger partial charge is 0.0984 e. The summed E-state index contributed by atoms with van der Waals surface area (Å²) in [5.41, 5.74) is 0. The number of hydrogen-bond acceptors (Lipinski definition) is 2. The molecular formula is C11H22N2O. The van der Waals surface area contributed by atoms with Gasteiger partial charge in [-0.15, -0.1) is 0 Å². The van der Waals surface area contributed by atoms with E-state index in [0.717, 1.165) is 38.4 Å². The van der Waals surface area contributed by atoms with Gasteiger partial charge in [0.2, 0.25) is 0 Å². The van der Waals surface area contributed by atoms with Gasteiger partial charge in [0.15, 0.2) is 0 Å². The molecular weight excluding hydrogens is 176 g/mol. The van der Waals surface area contributed by atoms with Gasteiger partial charge in [-0.25, -0.2) is 0 Å². The quantitative estimate of drug-likeness (QED) is 0.557. The molecule has 1 heterocycles. The van der Waals surface area contributed by atoms with E-state index in [1.807, 2.05) is 6.92 Å². The Morgan fingerprint density at radius 2 is 2.29 bits per heavy atom. The van der Waals surface area contributed by atoms with Gasteiger partial charge in [0, 0.05) is 25.6 Å². The highest BCUT2D eigenvalue weighted by Crippen LogP contribution is 2.15. The van der Waals surface area contributed by atoms with Crippen molar-refractivity contribution in [2.45, 2.75) is 39.7 Å². The zero-order chi connectivity index (χ0) is 10.6. The summed E-state index contributed by atoms with van der Waals surface area (Å²) in [5, 5.41) is 7.93. The predicted molar refractivity (Wildman–Crippen MR) is 58.8 cm³/mol. The molecule has 0 aromatic carbocycles. The van der Waals surface area contributed by atoms with Crippen molar-refractivity contribution in [1.82, 2.24) is 4.90 Å². The lowest BCUT2D eigenvalue weighted by molar-refractivity contribution is 0.0225. The molecule has 0 aromatic rings. The average Bonchev–Trinajstić information content (AvgIpc) is 2.17. The van der Waals surface area contributed by atoms with Crippen molar-refractivity contribution in [1.29, 1.82) is 5.41 Å². The van der Waals surface area contributed by atoms with Crippen molar-refractivity contribution in [2.24, 2.45) is 5.92 Å². The van der Waals surface area contributed by atoms with Gasteiger partial charge in [0.05, 0.1) is 11.9 Å². The molecule has 0 saturated carbocycles. The first-order valence-corrected chi connectivity index (χ1v) is 5.60. The molecule has 3 nitrogen and oxygen atoms in total. The molecule has 82 valence electrons. The van der Waals surface area contributed by atoms with Crippen LogP contribution in [0.25, 0.3) is 0 Å². The number of nitrogens with one attached hydrogen (secondary N) is 1. The standard InChI is InChI=1S/C11H22N2O/c1-4-14-10-6-5-7-13(8-10)11(12)9(2)3/h9-10,12H,4-8H2,1-3H3. The fourth-order valence-electron chi connectivity index (χ4n) is 1.89. The van der Waals surface area contributed by atoms with Crippen LogP contribution in [-0.2, 0) is 4.74 Å². The normalized spacial score (nSPS) is 22.9. The second-order valence-electron chi connectivity index (χ2n) is 4.21. The number of rotatable bonds is 3. The molecule has 0 radical (unpaired) electrons. The van der Waals surface area contributed by atoms with Crippen LogP contribution in [0.1, 0.15) is 33.6 Å². The molecule has 1 N–H and O–H groups in total. The summed E-state index contributed by atoms with van der Waals surface area (Å²) in [6, 6.07) is 0. The molecule has 0 aromatic heterocycles. The molecule has 1 fully saturated rings. The van der Waals surface area contributed by atoms with Crippen LogP contribution in [0.3, 0.4) is 0 Å². The molecule has 1 atom stereocenters. The molecule has 1 rings (SSSR count). The highest BCUT2D eigenvalue weighted by atomic mass is 16.5. The first-order valence-electron chi connectivity index (χ1n) is 5.60. The van der Waals surface area contributed by atoms with Crippen molar-refractivity contribution in [3.63, 3.8) is 0 Å². The third-order valence-corrected chi connectivity index (χ3v) is 2.67. The zero-order valence-corrected chi connectivity index (χ0v) is 9.55. The minimum atomic E-state index is 0.329. The van der Waals surface area contributed by atoms with Crippen molar-refractivity contribution in [3.05, 3.63) is 0 Å². The van der Waals surface area contributed by atoms with E-state index in [0.29, 0.717) is 12.0 Å². The van der Waals surface area contributed by atoms with E-state index in [4.69, 9.17) is 10.1 Å².